The molecule has 0 fully saturated rings. The third-order valence-electron chi connectivity index (χ3n) is 12.0. The fourth-order valence-electron chi connectivity index (χ4n) is 9.14. The highest BCUT2D eigenvalue weighted by molar-refractivity contribution is 6.26. The van der Waals surface area contributed by atoms with Crippen LogP contribution in [0.4, 0.5) is 0 Å². The van der Waals surface area contributed by atoms with Gasteiger partial charge in [-0.3, -0.25) is 4.57 Å². The molecule has 62 heavy (non-hydrogen) atoms. The van der Waals surface area contributed by atoms with Crippen LogP contribution in [0.1, 0.15) is 0 Å². The molecule has 3 aromatic heterocycles. The van der Waals surface area contributed by atoms with Gasteiger partial charge in [0.05, 0.1) is 27.8 Å². The molecular weight excluding hydrogens is 755 g/mol. The smallest absolute Gasteiger partial charge is 0.238 e. The van der Waals surface area contributed by atoms with Crippen molar-refractivity contribution < 1.29 is 0 Å². The van der Waals surface area contributed by atoms with E-state index in [1.807, 2.05) is 24.3 Å². The van der Waals surface area contributed by atoms with E-state index >= 15 is 0 Å². The summed E-state index contributed by atoms with van der Waals surface area (Å²) in [5.74, 6) is 1.78. The molecule has 12 aromatic rings. The van der Waals surface area contributed by atoms with E-state index in [1.54, 1.807) is 0 Å². The summed E-state index contributed by atoms with van der Waals surface area (Å²) in [6.07, 6.45) is 0. The maximum absolute atomic E-state index is 5.40. The van der Waals surface area contributed by atoms with Crippen LogP contribution in [0, 0.1) is 0 Å². The summed E-state index contributed by atoms with van der Waals surface area (Å²) in [6.45, 7) is 0. The molecule has 12 rings (SSSR count). The Balaban J connectivity index is 1.11. The third-order valence-corrected chi connectivity index (χ3v) is 12.0. The van der Waals surface area contributed by atoms with Crippen molar-refractivity contribution in [3.8, 4) is 67.8 Å². The Labute approximate surface area is 358 Å². The van der Waals surface area contributed by atoms with E-state index in [0.29, 0.717) is 17.6 Å². The molecule has 0 spiro atoms. The fourth-order valence-corrected chi connectivity index (χ4v) is 9.14. The monoisotopic (exact) mass is 791 g/mol. The Morgan fingerprint density at radius 1 is 0.290 bits per heavy atom. The van der Waals surface area contributed by atoms with Crippen LogP contribution in [0.15, 0.2) is 224 Å². The third kappa shape index (κ3) is 5.90. The van der Waals surface area contributed by atoms with Crippen molar-refractivity contribution in [3.05, 3.63) is 224 Å². The second-order valence-electron chi connectivity index (χ2n) is 15.6. The first-order valence-electron chi connectivity index (χ1n) is 21.0. The molecule has 5 heteroatoms. The van der Waals surface area contributed by atoms with Crippen LogP contribution in [-0.2, 0) is 0 Å². The van der Waals surface area contributed by atoms with Gasteiger partial charge in [-0.15, -0.1) is 0 Å². The first-order valence-corrected chi connectivity index (χ1v) is 21.0. The summed E-state index contributed by atoms with van der Waals surface area (Å²) in [4.78, 5) is 15.9. The summed E-state index contributed by atoms with van der Waals surface area (Å²) in [6, 6.07) is 79.2. The van der Waals surface area contributed by atoms with Crippen LogP contribution in [0.25, 0.3) is 111 Å². The number of nitrogens with zero attached hydrogens (tertiary/aromatic N) is 5. The van der Waals surface area contributed by atoms with Gasteiger partial charge in [0.15, 0.2) is 11.6 Å². The van der Waals surface area contributed by atoms with Gasteiger partial charge in [0.1, 0.15) is 0 Å². The number of para-hydroxylation sites is 3. The summed E-state index contributed by atoms with van der Waals surface area (Å²) in [5.41, 5.74) is 14.2. The average Bonchev–Trinajstić information content (AvgIpc) is 3.88. The Morgan fingerprint density at radius 3 is 1.53 bits per heavy atom. The van der Waals surface area contributed by atoms with Gasteiger partial charge in [0, 0.05) is 38.2 Å². The Hall–Kier alpha value is -8.41. The molecule has 0 amide bonds. The normalized spacial score (nSPS) is 11.5. The van der Waals surface area contributed by atoms with Crippen molar-refractivity contribution in [2.75, 3.05) is 0 Å². The van der Waals surface area contributed by atoms with Gasteiger partial charge < -0.3 is 4.57 Å². The maximum Gasteiger partial charge on any atom is 0.238 e. The number of benzene rings is 9. The summed E-state index contributed by atoms with van der Waals surface area (Å²) in [7, 11) is 0. The van der Waals surface area contributed by atoms with Gasteiger partial charge in [-0.2, -0.15) is 9.97 Å². The zero-order valence-electron chi connectivity index (χ0n) is 33.6. The van der Waals surface area contributed by atoms with E-state index < -0.39 is 0 Å². The van der Waals surface area contributed by atoms with E-state index in [9.17, 15) is 0 Å². The molecule has 0 aliphatic rings. The minimum Gasteiger partial charge on any atom is -0.309 e. The molecule has 0 unspecified atom stereocenters. The van der Waals surface area contributed by atoms with Crippen LogP contribution < -0.4 is 0 Å². The summed E-state index contributed by atoms with van der Waals surface area (Å²) in [5, 5.41) is 4.57. The van der Waals surface area contributed by atoms with Crippen molar-refractivity contribution in [2.24, 2.45) is 0 Å². The second-order valence-corrected chi connectivity index (χ2v) is 15.6. The topological polar surface area (TPSA) is 48.5 Å². The molecule has 0 aliphatic carbocycles. The first-order chi connectivity index (χ1) is 30.8. The maximum atomic E-state index is 5.40. The number of rotatable bonds is 7. The van der Waals surface area contributed by atoms with E-state index in [2.05, 4.69) is 209 Å². The SMILES string of the molecule is c1ccc(-c2ccc(-c3cccc(-c4nc(-c5ccccc5)nc(-n5c6ccccc6c6ccc7c(c8ccccc8n7-c7ccccc7-c7ccccc7)c65)n4)c3)cc2)cc1. The second kappa shape index (κ2) is 14.7. The lowest BCUT2D eigenvalue weighted by molar-refractivity contribution is 0.955. The zero-order valence-corrected chi connectivity index (χ0v) is 33.6. The molecule has 0 radical (unpaired) electrons. The number of hydrogen-bond donors (Lipinski definition) is 0. The Kier molecular flexibility index (Phi) is 8.42. The van der Waals surface area contributed by atoms with Crippen LogP contribution in [0.5, 0.6) is 0 Å². The predicted octanol–water partition coefficient (Wildman–Crippen LogP) is 14.4. The Morgan fingerprint density at radius 2 is 0.806 bits per heavy atom. The highest BCUT2D eigenvalue weighted by Gasteiger charge is 2.24. The van der Waals surface area contributed by atoms with Crippen LogP contribution in [0.2, 0.25) is 0 Å². The minimum absolute atomic E-state index is 0.562. The predicted molar refractivity (Wildman–Crippen MR) is 256 cm³/mol. The molecule has 290 valence electrons. The molecule has 0 saturated heterocycles. The molecule has 3 heterocycles. The molecule has 0 aliphatic heterocycles. The molecular formula is C57H37N5. The van der Waals surface area contributed by atoms with Crippen molar-refractivity contribution in [1.82, 2.24) is 24.1 Å². The van der Waals surface area contributed by atoms with Gasteiger partial charge in [-0.05, 0) is 58.1 Å². The largest absolute Gasteiger partial charge is 0.309 e. The number of aromatic nitrogens is 5. The van der Waals surface area contributed by atoms with Crippen LogP contribution in [-0.4, -0.2) is 24.1 Å². The standard InChI is InChI=1S/C57H37N5/c1-4-17-38(18-5-1)39-31-33-40(34-32-39)43-23-16-24-44(37-43)56-58-55(42-21-8-3-9-22-42)59-57(60-56)62-50-29-14-11-26-46(50)47-35-36-52-53(54(47)62)48-27-12-15-30-51(48)61(52)49-28-13-10-25-45(49)41-19-6-2-7-20-41/h1-37H. The van der Waals surface area contributed by atoms with E-state index in [4.69, 9.17) is 15.0 Å². The molecule has 0 atom stereocenters. The van der Waals surface area contributed by atoms with Crippen LogP contribution >= 0.6 is 0 Å². The van der Waals surface area contributed by atoms with Crippen molar-refractivity contribution in [2.45, 2.75) is 0 Å². The lowest BCUT2D eigenvalue weighted by Gasteiger charge is -2.14. The van der Waals surface area contributed by atoms with Gasteiger partial charge in [-0.25, -0.2) is 4.98 Å². The molecule has 0 N–H and O–H groups in total. The molecule has 0 bridgehead atoms. The van der Waals surface area contributed by atoms with Crippen molar-refractivity contribution in [1.29, 1.82) is 0 Å². The highest BCUT2D eigenvalue weighted by atomic mass is 15.2. The molecule has 5 nitrogen and oxygen atoms in total. The fraction of sp³-hybridized carbons (Fsp3) is 0. The van der Waals surface area contributed by atoms with E-state index in [0.717, 1.165) is 71.6 Å². The van der Waals surface area contributed by atoms with Gasteiger partial charge >= 0.3 is 0 Å². The summed E-state index contributed by atoms with van der Waals surface area (Å²) >= 11 is 0. The zero-order chi connectivity index (χ0) is 41.0. The minimum atomic E-state index is 0.562. The van der Waals surface area contributed by atoms with Gasteiger partial charge in [0.2, 0.25) is 5.95 Å². The average molecular weight is 792 g/mol. The van der Waals surface area contributed by atoms with Crippen LogP contribution in [0.3, 0.4) is 0 Å². The van der Waals surface area contributed by atoms with Crippen molar-refractivity contribution in [3.63, 3.8) is 0 Å². The number of fused-ring (bicyclic) bond motifs is 7. The van der Waals surface area contributed by atoms with Gasteiger partial charge in [0.25, 0.3) is 0 Å². The quantitative estimate of drug-likeness (QED) is 0.162. The Bertz CT molecular complexity index is 3610. The number of hydrogen-bond acceptors (Lipinski definition) is 3. The van der Waals surface area contributed by atoms with Gasteiger partial charge in [-0.1, -0.05) is 194 Å². The summed E-state index contributed by atoms with van der Waals surface area (Å²) < 4.78 is 4.68. The molecule has 0 saturated carbocycles. The van der Waals surface area contributed by atoms with E-state index in [1.165, 1.54) is 22.3 Å². The first kappa shape index (κ1) is 35.5. The van der Waals surface area contributed by atoms with E-state index in [-0.39, 0.29) is 0 Å². The highest BCUT2D eigenvalue weighted by Crippen LogP contribution is 2.43. The molecule has 9 aromatic carbocycles. The lowest BCUT2D eigenvalue weighted by Crippen LogP contribution is -2.06. The van der Waals surface area contributed by atoms with Crippen molar-refractivity contribution >= 4 is 43.6 Å². The lowest BCUT2D eigenvalue weighted by atomic mass is 9.99.